The van der Waals surface area contributed by atoms with E-state index in [2.05, 4.69) is 0 Å². The van der Waals surface area contributed by atoms with Gasteiger partial charge in [-0.25, -0.2) is 12.8 Å². The Balaban J connectivity index is 1.53. The van der Waals surface area contributed by atoms with Gasteiger partial charge in [0, 0.05) is 26.2 Å². The van der Waals surface area contributed by atoms with Crippen LogP contribution < -0.4 is 0 Å². The Morgan fingerprint density at radius 3 is 2.28 bits per heavy atom. The van der Waals surface area contributed by atoms with Crippen LogP contribution in [0, 0.1) is 5.82 Å². The Labute approximate surface area is 183 Å². The molecule has 170 valence electrons. The first-order valence-corrected chi connectivity index (χ1v) is 11.4. The van der Waals surface area contributed by atoms with Crippen LogP contribution in [-0.2, 0) is 27.8 Å². The van der Waals surface area contributed by atoms with E-state index in [-0.39, 0.29) is 43.3 Å². The van der Waals surface area contributed by atoms with E-state index in [4.69, 9.17) is 0 Å². The second-order valence-electron chi connectivity index (χ2n) is 7.75. The predicted molar refractivity (Wildman–Crippen MR) is 109 cm³/mol. The first-order valence-electron chi connectivity index (χ1n) is 9.99. The van der Waals surface area contributed by atoms with Crippen molar-refractivity contribution >= 4 is 21.5 Å². The topological polar surface area (TPSA) is 57.7 Å². The Kier molecular flexibility index (Phi) is 5.85. The van der Waals surface area contributed by atoms with Gasteiger partial charge in [-0.1, -0.05) is 24.3 Å². The minimum absolute atomic E-state index is 0.0174. The number of benzene rings is 2. The monoisotopic (exact) mass is 468 g/mol. The van der Waals surface area contributed by atoms with E-state index < -0.39 is 22.1 Å². The van der Waals surface area contributed by atoms with Gasteiger partial charge in [-0.3, -0.25) is 4.79 Å². The van der Waals surface area contributed by atoms with Gasteiger partial charge in [0.2, 0.25) is 10.0 Å². The molecule has 0 N–H and O–H groups in total. The standard InChI is InChI=1S/C22H20F4N2O3S/c23-19-4-1-15(2-5-19)17-8-11-28(12-9-17)32(30,31)20-6-3-16-7-10-27(14-18(16)13-20)21(29)22(24,25)26/h1-6,8,13H,7,9-12,14H2. The molecule has 4 rings (SSSR count). The van der Waals surface area contributed by atoms with Gasteiger partial charge in [-0.2, -0.15) is 17.5 Å². The summed E-state index contributed by atoms with van der Waals surface area (Å²) in [6.07, 6.45) is -2.52. The molecular weight excluding hydrogens is 448 g/mol. The van der Waals surface area contributed by atoms with Crippen LogP contribution in [-0.4, -0.2) is 49.3 Å². The van der Waals surface area contributed by atoms with Crippen molar-refractivity contribution in [1.29, 1.82) is 0 Å². The predicted octanol–water partition coefficient (Wildman–Crippen LogP) is 3.75. The molecule has 0 saturated heterocycles. The third-order valence-corrected chi connectivity index (χ3v) is 7.61. The number of hydrogen-bond donors (Lipinski definition) is 0. The highest BCUT2D eigenvalue weighted by molar-refractivity contribution is 7.89. The van der Waals surface area contributed by atoms with Crippen molar-refractivity contribution in [1.82, 2.24) is 9.21 Å². The highest BCUT2D eigenvalue weighted by Gasteiger charge is 2.43. The molecule has 2 aromatic carbocycles. The van der Waals surface area contributed by atoms with E-state index in [1.54, 1.807) is 24.3 Å². The maximum Gasteiger partial charge on any atom is 0.471 e. The van der Waals surface area contributed by atoms with E-state index in [1.165, 1.54) is 28.6 Å². The molecule has 10 heteroatoms. The molecule has 1 amide bonds. The van der Waals surface area contributed by atoms with Gasteiger partial charge in [0.15, 0.2) is 0 Å². The fraction of sp³-hybridized carbons (Fsp3) is 0.318. The van der Waals surface area contributed by atoms with Gasteiger partial charge < -0.3 is 4.90 Å². The molecule has 2 aliphatic rings. The lowest BCUT2D eigenvalue weighted by atomic mass is 10.00. The summed E-state index contributed by atoms with van der Waals surface area (Å²) >= 11 is 0. The third kappa shape index (κ3) is 4.42. The lowest BCUT2D eigenvalue weighted by molar-refractivity contribution is -0.186. The maximum absolute atomic E-state index is 13.1. The van der Waals surface area contributed by atoms with Gasteiger partial charge in [0.25, 0.3) is 0 Å². The molecule has 0 unspecified atom stereocenters. The van der Waals surface area contributed by atoms with Crippen LogP contribution in [0.4, 0.5) is 17.6 Å². The molecule has 2 heterocycles. The van der Waals surface area contributed by atoms with Gasteiger partial charge in [0.05, 0.1) is 4.90 Å². The number of nitrogens with zero attached hydrogens (tertiary/aromatic N) is 2. The first-order chi connectivity index (χ1) is 15.1. The largest absolute Gasteiger partial charge is 0.471 e. The third-order valence-electron chi connectivity index (χ3n) is 5.74. The average Bonchev–Trinajstić information content (AvgIpc) is 2.78. The summed E-state index contributed by atoms with van der Waals surface area (Å²) in [7, 11) is -3.87. The Morgan fingerprint density at radius 1 is 0.938 bits per heavy atom. The molecular formula is C22H20F4N2O3S. The second kappa shape index (κ2) is 8.32. The SMILES string of the molecule is O=C(N1CCc2ccc(S(=O)(=O)N3CC=C(c4ccc(F)cc4)CC3)cc2C1)C(F)(F)F. The van der Waals surface area contributed by atoms with Gasteiger partial charge in [-0.15, -0.1) is 0 Å². The van der Waals surface area contributed by atoms with Crippen LogP contribution in [0.1, 0.15) is 23.1 Å². The quantitative estimate of drug-likeness (QED) is 0.645. The summed E-state index contributed by atoms with van der Waals surface area (Å²) in [6.45, 7) is -0.00169. The summed E-state index contributed by atoms with van der Waals surface area (Å²) in [5.74, 6) is -2.27. The van der Waals surface area contributed by atoms with Crippen molar-refractivity contribution < 1.29 is 30.8 Å². The molecule has 0 fully saturated rings. The van der Waals surface area contributed by atoms with Gasteiger partial charge >= 0.3 is 12.1 Å². The zero-order valence-corrected chi connectivity index (χ0v) is 17.7. The number of sulfonamides is 1. The van der Waals surface area contributed by atoms with Gasteiger partial charge in [0.1, 0.15) is 5.82 Å². The molecule has 0 aliphatic carbocycles. The van der Waals surface area contributed by atoms with Gasteiger partial charge in [-0.05, 0) is 59.4 Å². The van der Waals surface area contributed by atoms with E-state index in [0.29, 0.717) is 16.9 Å². The normalized spacial score (nSPS) is 17.6. The lowest BCUT2D eigenvalue weighted by Gasteiger charge is -2.30. The summed E-state index contributed by atoms with van der Waals surface area (Å²) in [5.41, 5.74) is 2.87. The van der Waals surface area contributed by atoms with Crippen molar-refractivity contribution in [3.63, 3.8) is 0 Å². The fourth-order valence-electron chi connectivity index (χ4n) is 3.99. The molecule has 0 bridgehead atoms. The molecule has 0 aromatic heterocycles. The fourth-order valence-corrected chi connectivity index (χ4v) is 5.42. The van der Waals surface area contributed by atoms with Crippen molar-refractivity contribution in [2.45, 2.75) is 30.5 Å². The van der Waals surface area contributed by atoms with E-state index in [0.717, 1.165) is 16.7 Å². The molecule has 32 heavy (non-hydrogen) atoms. The number of alkyl halides is 3. The molecule has 0 atom stereocenters. The highest BCUT2D eigenvalue weighted by atomic mass is 32.2. The van der Waals surface area contributed by atoms with Crippen LogP contribution in [0.15, 0.2) is 53.4 Å². The Morgan fingerprint density at radius 2 is 1.66 bits per heavy atom. The zero-order chi connectivity index (χ0) is 23.1. The molecule has 5 nitrogen and oxygen atoms in total. The van der Waals surface area contributed by atoms with E-state index in [1.807, 2.05) is 0 Å². The summed E-state index contributed by atoms with van der Waals surface area (Å²) < 4.78 is 79.0. The number of rotatable bonds is 3. The average molecular weight is 468 g/mol. The van der Waals surface area contributed by atoms with Crippen molar-refractivity contribution in [2.24, 2.45) is 0 Å². The summed E-state index contributed by atoms with van der Waals surface area (Å²) in [6, 6.07) is 10.4. The van der Waals surface area contributed by atoms with Crippen LogP contribution in [0.5, 0.6) is 0 Å². The summed E-state index contributed by atoms with van der Waals surface area (Å²) in [5, 5.41) is 0. The molecule has 0 radical (unpaired) electrons. The maximum atomic E-state index is 13.1. The number of fused-ring (bicyclic) bond motifs is 1. The minimum Gasteiger partial charge on any atom is -0.330 e. The minimum atomic E-state index is -4.97. The number of amides is 1. The van der Waals surface area contributed by atoms with Crippen molar-refractivity contribution in [3.05, 3.63) is 71.0 Å². The Hall–Kier alpha value is -2.72. The van der Waals surface area contributed by atoms with Crippen molar-refractivity contribution in [3.8, 4) is 0 Å². The number of halogens is 4. The van der Waals surface area contributed by atoms with E-state index in [9.17, 15) is 30.8 Å². The summed E-state index contributed by atoms with van der Waals surface area (Å²) in [4.78, 5) is 12.2. The molecule has 2 aliphatic heterocycles. The van der Waals surface area contributed by atoms with Crippen molar-refractivity contribution in [2.75, 3.05) is 19.6 Å². The Bertz CT molecular complexity index is 1170. The molecule has 2 aromatic rings. The van der Waals surface area contributed by atoms with Crippen LogP contribution in [0.3, 0.4) is 0 Å². The first kappa shape index (κ1) is 22.5. The van der Waals surface area contributed by atoms with Crippen LogP contribution >= 0.6 is 0 Å². The zero-order valence-electron chi connectivity index (χ0n) is 16.9. The molecule has 0 spiro atoms. The molecule has 0 saturated carbocycles. The highest BCUT2D eigenvalue weighted by Crippen LogP contribution is 2.30. The number of carbonyl (C=O) groups is 1. The second-order valence-corrected chi connectivity index (χ2v) is 9.69. The van der Waals surface area contributed by atoms with Crippen LogP contribution in [0.2, 0.25) is 0 Å². The smallest absolute Gasteiger partial charge is 0.330 e. The van der Waals surface area contributed by atoms with Crippen LogP contribution in [0.25, 0.3) is 5.57 Å². The number of hydrogen-bond acceptors (Lipinski definition) is 3. The van der Waals surface area contributed by atoms with E-state index >= 15 is 0 Å². The number of carbonyl (C=O) groups excluding carboxylic acids is 1. The lowest BCUT2D eigenvalue weighted by Crippen LogP contribution is -2.43.